The SMILES string of the molecule is Cn1c(N)c(NCCCS(C)=O)c(=O)[nH]c1=O. The summed E-state index contributed by atoms with van der Waals surface area (Å²) < 4.78 is 12.0. The molecule has 8 heteroatoms. The molecule has 1 aromatic heterocycles. The van der Waals surface area contributed by atoms with E-state index in [-0.39, 0.29) is 11.5 Å². The molecule has 1 heterocycles. The number of anilines is 2. The van der Waals surface area contributed by atoms with Gasteiger partial charge in [0.2, 0.25) is 0 Å². The molecule has 0 radical (unpaired) electrons. The molecule has 96 valence electrons. The van der Waals surface area contributed by atoms with Gasteiger partial charge in [-0.3, -0.25) is 18.6 Å². The number of nitrogens with one attached hydrogen (secondary N) is 2. The van der Waals surface area contributed by atoms with E-state index in [0.717, 1.165) is 4.57 Å². The molecule has 0 spiro atoms. The zero-order chi connectivity index (χ0) is 13.0. The molecular weight excluding hydrogens is 244 g/mol. The number of aromatic nitrogens is 2. The Hall–Kier alpha value is -1.57. The molecule has 0 amide bonds. The molecule has 1 aromatic rings. The van der Waals surface area contributed by atoms with Gasteiger partial charge in [-0.15, -0.1) is 0 Å². The van der Waals surface area contributed by atoms with Crippen LogP contribution in [0.2, 0.25) is 0 Å². The summed E-state index contributed by atoms with van der Waals surface area (Å²) in [6, 6.07) is 0. The van der Waals surface area contributed by atoms with E-state index in [1.165, 1.54) is 7.05 Å². The van der Waals surface area contributed by atoms with Crippen LogP contribution >= 0.6 is 0 Å². The molecule has 0 bridgehead atoms. The van der Waals surface area contributed by atoms with Crippen LogP contribution in [-0.2, 0) is 17.8 Å². The van der Waals surface area contributed by atoms with E-state index in [1.807, 2.05) is 0 Å². The maximum absolute atomic E-state index is 11.5. The van der Waals surface area contributed by atoms with Gasteiger partial charge in [-0.25, -0.2) is 4.79 Å². The Labute approximate surface area is 100 Å². The molecular formula is C9H16N4O3S. The molecule has 17 heavy (non-hydrogen) atoms. The maximum atomic E-state index is 11.5. The molecule has 1 unspecified atom stereocenters. The molecule has 4 N–H and O–H groups in total. The monoisotopic (exact) mass is 260 g/mol. The van der Waals surface area contributed by atoms with Crippen molar-refractivity contribution in [3.8, 4) is 0 Å². The number of hydrogen-bond acceptors (Lipinski definition) is 5. The van der Waals surface area contributed by atoms with E-state index in [9.17, 15) is 13.8 Å². The van der Waals surface area contributed by atoms with Crippen molar-refractivity contribution < 1.29 is 4.21 Å². The predicted molar refractivity (Wildman–Crippen MR) is 68.8 cm³/mol. The second-order valence-corrected chi connectivity index (χ2v) is 5.19. The first kappa shape index (κ1) is 13.5. The Kier molecular flexibility index (Phi) is 4.50. The number of nitrogen functional groups attached to an aromatic ring is 1. The second kappa shape index (κ2) is 5.67. The standard InChI is InChI=1S/C9H16N4O3S/c1-13-7(10)6(8(14)12-9(13)15)11-4-3-5-17(2)16/h11H,3-5,10H2,1-2H3,(H,12,14,15). The van der Waals surface area contributed by atoms with E-state index in [2.05, 4.69) is 10.3 Å². The third kappa shape index (κ3) is 3.45. The van der Waals surface area contributed by atoms with Gasteiger partial charge in [-0.05, 0) is 6.42 Å². The maximum Gasteiger partial charge on any atom is 0.329 e. The van der Waals surface area contributed by atoms with Crippen LogP contribution in [0.15, 0.2) is 9.59 Å². The van der Waals surface area contributed by atoms with Crippen molar-refractivity contribution in [3.63, 3.8) is 0 Å². The van der Waals surface area contributed by atoms with E-state index in [1.54, 1.807) is 6.26 Å². The largest absolute Gasteiger partial charge is 0.383 e. The van der Waals surface area contributed by atoms with E-state index < -0.39 is 22.0 Å². The Morgan fingerprint density at radius 3 is 2.71 bits per heavy atom. The highest BCUT2D eigenvalue weighted by atomic mass is 32.2. The van der Waals surface area contributed by atoms with Crippen LogP contribution < -0.4 is 22.3 Å². The highest BCUT2D eigenvalue weighted by molar-refractivity contribution is 7.84. The Bertz CT molecular complexity index is 534. The second-order valence-electron chi connectivity index (χ2n) is 3.64. The summed E-state index contributed by atoms with van der Waals surface area (Å²) >= 11 is 0. The van der Waals surface area contributed by atoms with E-state index in [0.29, 0.717) is 18.7 Å². The van der Waals surface area contributed by atoms with Crippen molar-refractivity contribution in [2.24, 2.45) is 7.05 Å². The van der Waals surface area contributed by atoms with Gasteiger partial charge in [-0.2, -0.15) is 0 Å². The van der Waals surface area contributed by atoms with E-state index >= 15 is 0 Å². The minimum absolute atomic E-state index is 0.0939. The number of H-pyrrole nitrogens is 1. The van der Waals surface area contributed by atoms with Crippen LogP contribution in [0.1, 0.15) is 6.42 Å². The first-order valence-corrected chi connectivity index (χ1v) is 6.79. The van der Waals surface area contributed by atoms with Gasteiger partial charge in [0.05, 0.1) is 0 Å². The fraction of sp³-hybridized carbons (Fsp3) is 0.556. The molecule has 1 atom stereocenters. The summed E-state index contributed by atoms with van der Waals surface area (Å²) in [6.45, 7) is 0.477. The molecule has 0 saturated carbocycles. The lowest BCUT2D eigenvalue weighted by Gasteiger charge is -2.10. The Morgan fingerprint density at radius 2 is 2.12 bits per heavy atom. The molecule has 1 rings (SSSR count). The van der Waals surface area contributed by atoms with Crippen LogP contribution in [0, 0.1) is 0 Å². The Morgan fingerprint density at radius 1 is 1.47 bits per heavy atom. The lowest BCUT2D eigenvalue weighted by Crippen LogP contribution is -2.32. The number of aromatic amines is 1. The molecule has 0 aromatic carbocycles. The fourth-order valence-electron chi connectivity index (χ4n) is 1.30. The summed E-state index contributed by atoms with van der Waals surface area (Å²) in [5.74, 6) is 0.646. The van der Waals surface area contributed by atoms with Gasteiger partial charge in [-0.1, -0.05) is 0 Å². The molecule has 0 aliphatic carbocycles. The lowest BCUT2D eigenvalue weighted by molar-refractivity contribution is 0.685. The summed E-state index contributed by atoms with van der Waals surface area (Å²) in [5.41, 5.74) is 4.73. The molecule has 0 saturated heterocycles. The van der Waals surface area contributed by atoms with Gasteiger partial charge in [0.15, 0.2) is 0 Å². The summed E-state index contributed by atoms with van der Waals surface area (Å²) in [6.07, 6.45) is 2.28. The summed E-state index contributed by atoms with van der Waals surface area (Å²) in [5, 5.41) is 2.84. The highest BCUT2D eigenvalue weighted by Gasteiger charge is 2.08. The van der Waals surface area contributed by atoms with Gasteiger partial charge in [0, 0.05) is 36.4 Å². The first-order chi connectivity index (χ1) is 7.93. The highest BCUT2D eigenvalue weighted by Crippen LogP contribution is 2.07. The van der Waals surface area contributed by atoms with Crippen molar-refractivity contribution >= 4 is 22.3 Å². The topological polar surface area (TPSA) is 110 Å². The van der Waals surface area contributed by atoms with Gasteiger partial charge < -0.3 is 11.1 Å². The van der Waals surface area contributed by atoms with Crippen molar-refractivity contribution in [1.82, 2.24) is 9.55 Å². The van der Waals surface area contributed by atoms with Gasteiger partial charge in [0.25, 0.3) is 5.56 Å². The average Bonchev–Trinajstić information content (AvgIpc) is 2.24. The number of nitrogens with two attached hydrogens (primary N) is 1. The van der Waals surface area contributed by atoms with Crippen LogP contribution in [-0.4, -0.2) is 32.3 Å². The molecule has 0 aliphatic rings. The predicted octanol–water partition coefficient (Wildman–Crippen LogP) is -1.16. The molecule has 0 aliphatic heterocycles. The summed E-state index contributed by atoms with van der Waals surface area (Å²) in [7, 11) is 0.618. The summed E-state index contributed by atoms with van der Waals surface area (Å²) in [4.78, 5) is 24.8. The zero-order valence-corrected chi connectivity index (χ0v) is 10.6. The number of hydrogen-bond donors (Lipinski definition) is 3. The van der Waals surface area contributed by atoms with Crippen molar-refractivity contribution in [3.05, 3.63) is 20.8 Å². The minimum atomic E-state index is -0.855. The molecule has 7 nitrogen and oxygen atoms in total. The fourth-order valence-corrected chi connectivity index (χ4v) is 1.85. The normalized spacial score (nSPS) is 12.4. The quantitative estimate of drug-likeness (QED) is 0.578. The van der Waals surface area contributed by atoms with E-state index in [4.69, 9.17) is 5.73 Å². The van der Waals surface area contributed by atoms with Crippen LogP contribution in [0.5, 0.6) is 0 Å². The third-order valence-electron chi connectivity index (χ3n) is 2.28. The van der Waals surface area contributed by atoms with Crippen LogP contribution in [0.25, 0.3) is 0 Å². The molecule has 0 fully saturated rings. The van der Waals surface area contributed by atoms with Crippen molar-refractivity contribution in [1.29, 1.82) is 0 Å². The smallest absolute Gasteiger partial charge is 0.329 e. The zero-order valence-electron chi connectivity index (χ0n) is 9.78. The third-order valence-corrected chi connectivity index (χ3v) is 3.14. The van der Waals surface area contributed by atoms with Gasteiger partial charge in [0.1, 0.15) is 11.5 Å². The number of rotatable bonds is 5. The average molecular weight is 260 g/mol. The lowest BCUT2D eigenvalue weighted by atomic mass is 10.4. The number of nitrogens with zero attached hydrogens (tertiary/aromatic N) is 1. The van der Waals surface area contributed by atoms with Crippen molar-refractivity contribution in [2.75, 3.05) is 29.6 Å². The minimum Gasteiger partial charge on any atom is -0.383 e. The van der Waals surface area contributed by atoms with Crippen molar-refractivity contribution in [2.45, 2.75) is 6.42 Å². The Balaban J connectivity index is 2.78. The first-order valence-electron chi connectivity index (χ1n) is 5.06. The van der Waals surface area contributed by atoms with Crippen LogP contribution in [0.3, 0.4) is 0 Å². The van der Waals surface area contributed by atoms with Crippen LogP contribution in [0.4, 0.5) is 11.5 Å². The van der Waals surface area contributed by atoms with Gasteiger partial charge >= 0.3 is 5.69 Å².